The molecule has 2 N–H and O–H groups in total. The van der Waals surface area contributed by atoms with E-state index in [0.29, 0.717) is 49.4 Å². The van der Waals surface area contributed by atoms with Crippen LogP contribution < -0.4 is 14.9 Å². The molecule has 10 heteroatoms. The molecule has 0 radical (unpaired) electrons. The summed E-state index contributed by atoms with van der Waals surface area (Å²) in [6.45, 7) is 12.2. The van der Waals surface area contributed by atoms with Crippen LogP contribution in [0.5, 0.6) is 0 Å². The zero-order chi connectivity index (χ0) is 30.9. The fourth-order valence-electron chi connectivity index (χ4n) is 6.81. The molecule has 0 spiro atoms. The van der Waals surface area contributed by atoms with Gasteiger partial charge in [0.1, 0.15) is 16.8 Å². The minimum absolute atomic E-state index is 0.000948. The number of aryl methyl sites for hydroxylation is 2. The molecule has 3 heterocycles. The standard InChI is InChI=1S/C33H40N6O3S/c1-22-18-23(2)31(33(40)38-16-14-37(15-17-38)32-30(43(35,41)42)10-7-12-36-32)25(4)28(22)19-26-11-13-39(21-24(26)3)29-9-6-5-8-27(29)20-34/h5-10,12,18,24,26H,11,13-17,19,21H2,1-4H3,(H2,35,41,42)/t24-,26-/m0/s1. The van der Waals surface area contributed by atoms with Gasteiger partial charge in [-0.2, -0.15) is 5.26 Å². The maximum atomic E-state index is 13.9. The first-order chi connectivity index (χ1) is 20.5. The van der Waals surface area contributed by atoms with E-state index in [1.165, 1.54) is 17.2 Å². The molecule has 1 amide bonds. The van der Waals surface area contributed by atoms with E-state index < -0.39 is 10.0 Å². The zero-order valence-corrected chi connectivity index (χ0v) is 26.2. The van der Waals surface area contributed by atoms with Gasteiger partial charge in [0.15, 0.2) is 0 Å². The van der Waals surface area contributed by atoms with E-state index in [1.54, 1.807) is 12.3 Å². The fraction of sp³-hybridized carbons (Fsp3) is 0.424. The SMILES string of the molecule is Cc1cc(C)c(C(=O)N2CCN(c3ncccc3S(N)(=O)=O)CC2)c(C)c1C[C@@H]1CCN(c2ccccc2C#N)C[C@@H]1C. The van der Waals surface area contributed by atoms with Crippen molar-refractivity contribution < 1.29 is 13.2 Å². The number of hydrogen-bond donors (Lipinski definition) is 1. The zero-order valence-electron chi connectivity index (χ0n) is 25.4. The highest BCUT2D eigenvalue weighted by Gasteiger charge is 2.31. The molecule has 226 valence electrons. The van der Waals surface area contributed by atoms with E-state index in [1.807, 2.05) is 41.0 Å². The maximum Gasteiger partial charge on any atom is 0.254 e. The number of nitrogens with two attached hydrogens (primary N) is 1. The van der Waals surface area contributed by atoms with Gasteiger partial charge >= 0.3 is 0 Å². The lowest BCUT2D eigenvalue weighted by molar-refractivity contribution is 0.0744. The number of nitrogens with zero attached hydrogens (tertiary/aromatic N) is 5. The molecule has 2 aliphatic rings. The van der Waals surface area contributed by atoms with E-state index in [9.17, 15) is 18.5 Å². The van der Waals surface area contributed by atoms with Gasteiger partial charge in [0.05, 0.1) is 11.3 Å². The summed E-state index contributed by atoms with van der Waals surface area (Å²) in [5.41, 5.74) is 6.99. The second kappa shape index (κ2) is 12.3. The molecule has 5 rings (SSSR count). The number of carbonyl (C=O) groups excluding carboxylic acids is 1. The highest BCUT2D eigenvalue weighted by molar-refractivity contribution is 7.89. The van der Waals surface area contributed by atoms with Crippen molar-refractivity contribution >= 4 is 27.4 Å². The third-order valence-corrected chi connectivity index (χ3v) is 10.1. The van der Waals surface area contributed by atoms with Crippen molar-refractivity contribution in [3.05, 3.63) is 82.0 Å². The van der Waals surface area contributed by atoms with Crippen molar-refractivity contribution in [3.63, 3.8) is 0 Å². The second-order valence-electron chi connectivity index (χ2n) is 11.9. The summed E-state index contributed by atoms with van der Waals surface area (Å²) in [4.78, 5) is 24.3. The van der Waals surface area contributed by atoms with Gasteiger partial charge in [0.2, 0.25) is 10.0 Å². The number of para-hydroxylation sites is 1. The van der Waals surface area contributed by atoms with E-state index in [2.05, 4.69) is 42.8 Å². The first-order valence-electron chi connectivity index (χ1n) is 14.8. The summed E-state index contributed by atoms with van der Waals surface area (Å²) in [6.07, 6.45) is 3.49. The summed E-state index contributed by atoms with van der Waals surface area (Å²) in [5.74, 6) is 1.25. The Bertz CT molecular complexity index is 1670. The summed E-state index contributed by atoms with van der Waals surface area (Å²) in [7, 11) is -3.91. The first kappa shape index (κ1) is 30.5. The number of nitriles is 1. The van der Waals surface area contributed by atoms with Gasteiger partial charge in [0, 0.05) is 51.0 Å². The number of hydrogen-bond acceptors (Lipinski definition) is 7. The van der Waals surface area contributed by atoms with Crippen molar-refractivity contribution in [1.29, 1.82) is 5.26 Å². The number of rotatable bonds is 6. The van der Waals surface area contributed by atoms with Gasteiger partial charge in [0.25, 0.3) is 5.91 Å². The number of amides is 1. The van der Waals surface area contributed by atoms with Crippen LogP contribution >= 0.6 is 0 Å². The molecule has 2 aromatic carbocycles. The topological polar surface area (TPSA) is 124 Å². The first-order valence-corrected chi connectivity index (χ1v) is 16.4. The second-order valence-corrected chi connectivity index (χ2v) is 13.5. The Kier molecular flexibility index (Phi) is 8.76. The molecular weight excluding hydrogens is 560 g/mol. The number of anilines is 2. The van der Waals surface area contributed by atoms with Crippen LogP contribution in [0.15, 0.2) is 53.6 Å². The third kappa shape index (κ3) is 6.24. The Labute approximate surface area is 255 Å². The van der Waals surface area contributed by atoms with Gasteiger partial charge in [-0.3, -0.25) is 4.79 Å². The highest BCUT2D eigenvalue weighted by Crippen LogP contribution is 2.34. The van der Waals surface area contributed by atoms with Crippen molar-refractivity contribution in [2.24, 2.45) is 17.0 Å². The lowest BCUT2D eigenvalue weighted by Crippen LogP contribution is -2.49. The molecule has 0 bridgehead atoms. The molecular formula is C33H40N6O3S. The van der Waals surface area contributed by atoms with Crippen LogP contribution in [0.25, 0.3) is 0 Å². The van der Waals surface area contributed by atoms with Crippen LogP contribution in [-0.4, -0.2) is 63.5 Å². The molecule has 43 heavy (non-hydrogen) atoms. The Morgan fingerprint density at radius 1 is 1.02 bits per heavy atom. The molecule has 1 aromatic heterocycles. The Morgan fingerprint density at radius 2 is 1.74 bits per heavy atom. The van der Waals surface area contributed by atoms with Crippen molar-refractivity contribution in [3.8, 4) is 6.07 Å². The number of aromatic nitrogens is 1. The largest absolute Gasteiger partial charge is 0.370 e. The predicted molar refractivity (Wildman–Crippen MR) is 169 cm³/mol. The average molecular weight is 601 g/mol. The quantitative estimate of drug-likeness (QED) is 0.450. The number of piperidine rings is 1. The molecule has 0 saturated carbocycles. The lowest BCUT2D eigenvalue weighted by atomic mass is 9.79. The van der Waals surface area contributed by atoms with Crippen LogP contribution in [0.1, 0.15) is 51.5 Å². The van der Waals surface area contributed by atoms with Crippen LogP contribution in [-0.2, 0) is 16.4 Å². The normalized spacial score (nSPS) is 19.3. The number of sulfonamides is 1. The minimum Gasteiger partial charge on any atom is -0.370 e. The van der Waals surface area contributed by atoms with Crippen LogP contribution in [0.4, 0.5) is 11.5 Å². The summed E-state index contributed by atoms with van der Waals surface area (Å²) >= 11 is 0. The third-order valence-electron chi connectivity index (χ3n) is 9.18. The van der Waals surface area contributed by atoms with E-state index in [-0.39, 0.29) is 10.8 Å². The van der Waals surface area contributed by atoms with Gasteiger partial charge in [-0.25, -0.2) is 18.5 Å². The van der Waals surface area contributed by atoms with Gasteiger partial charge in [-0.05, 0) is 92.0 Å². The number of primary sulfonamides is 1. The molecule has 0 aliphatic carbocycles. The maximum absolute atomic E-state index is 13.9. The number of pyridine rings is 1. The van der Waals surface area contributed by atoms with Gasteiger partial charge in [-0.15, -0.1) is 0 Å². The van der Waals surface area contributed by atoms with E-state index in [0.717, 1.165) is 48.3 Å². The summed E-state index contributed by atoms with van der Waals surface area (Å²) < 4.78 is 24.2. The van der Waals surface area contributed by atoms with Gasteiger partial charge in [-0.1, -0.05) is 25.1 Å². The Morgan fingerprint density at radius 3 is 2.42 bits per heavy atom. The smallest absolute Gasteiger partial charge is 0.254 e. The highest BCUT2D eigenvalue weighted by atomic mass is 32.2. The lowest BCUT2D eigenvalue weighted by Gasteiger charge is -2.39. The molecule has 0 unspecified atom stereocenters. The summed E-state index contributed by atoms with van der Waals surface area (Å²) in [6, 6.07) is 15.3. The fourth-order valence-corrected chi connectivity index (χ4v) is 7.52. The van der Waals surface area contributed by atoms with E-state index in [4.69, 9.17) is 5.14 Å². The van der Waals surface area contributed by atoms with Crippen LogP contribution in [0, 0.1) is 43.9 Å². The summed E-state index contributed by atoms with van der Waals surface area (Å²) in [5, 5.41) is 15.0. The van der Waals surface area contributed by atoms with Crippen LogP contribution in [0.2, 0.25) is 0 Å². The monoisotopic (exact) mass is 600 g/mol. The molecule has 3 aromatic rings. The van der Waals surface area contributed by atoms with E-state index >= 15 is 0 Å². The molecule has 2 atom stereocenters. The number of piperazine rings is 1. The van der Waals surface area contributed by atoms with Crippen LogP contribution in [0.3, 0.4) is 0 Å². The number of carbonyl (C=O) groups is 1. The van der Waals surface area contributed by atoms with Crippen molar-refractivity contribution in [2.75, 3.05) is 49.1 Å². The predicted octanol–water partition coefficient (Wildman–Crippen LogP) is 4.19. The molecule has 2 aliphatic heterocycles. The molecule has 2 fully saturated rings. The average Bonchev–Trinajstić information content (AvgIpc) is 2.99. The van der Waals surface area contributed by atoms with Crippen molar-refractivity contribution in [1.82, 2.24) is 9.88 Å². The minimum atomic E-state index is -3.91. The van der Waals surface area contributed by atoms with Crippen molar-refractivity contribution in [2.45, 2.75) is 45.4 Å². The van der Waals surface area contributed by atoms with Gasteiger partial charge < -0.3 is 14.7 Å². The Balaban J connectivity index is 1.30. The number of benzene rings is 2. The Hall–Kier alpha value is -3.94. The molecule has 9 nitrogen and oxygen atoms in total. The molecule has 2 saturated heterocycles.